The Hall–Kier alpha value is -1.35. The molecule has 0 aliphatic carbocycles. The molecule has 0 heterocycles. The molecule has 0 aliphatic heterocycles. The topological polar surface area (TPSA) is 44.5 Å². The molecule has 0 fully saturated rings. The first-order valence-electron chi connectivity index (χ1n) is 4.49. The van der Waals surface area contributed by atoms with Crippen molar-refractivity contribution in [3.63, 3.8) is 0 Å². The summed E-state index contributed by atoms with van der Waals surface area (Å²) in [7, 11) is 1.59. The maximum atomic E-state index is 5.77. The molecule has 4 heteroatoms. The third-order valence-electron chi connectivity index (χ3n) is 1.86. The van der Waals surface area contributed by atoms with E-state index in [0.717, 1.165) is 5.57 Å². The number of benzene rings is 1. The minimum absolute atomic E-state index is 0.431. The smallest absolute Gasteiger partial charge is 0.142 e. The summed E-state index contributed by atoms with van der Waals surface area (Å²) in [5.74, 6) is 1.35. The van der Waals surface area contributed by atoms with Crippen LogP contribution in [0.4, 0.5) is 5.69 Å². The number of rotatable bonds is 4. The number of nitrogen functional groups attached to an aromatic ring is 1. The van der Waals surface area contributed by atoms with Crippen molar-refractivity contribution in [3.05, 3.63) is 29.3 Å². The second-order valence-corrected chi connectivity index (χ2v) is 3.37. The van der Waals surface area contributed by atoms with Gasteiger partial charge in [0.15, 0.2) is 0 Å². The number of hydrogen-bond acceptors (Lipinski definition) is 3. The van der Waals surface area contributed by atoms with E-state index in [1.165, 1.54) is 5.54 Å². The summed E-state index contributed by atoms with van der Waals surface area (Å²) in [6, 6.07) is 5.29. The molecule has 0 unspecified atom stereocenters. The molecule has 0 radical (unpaired) electrons. The summed E-state index contributed by atoms with van der Waals surface area (Å²) in [6.07, 6.45) is 0. The van der Waals surface area contributed by atoms with Gasteiger partial charge in [0.25, 0.3) is 0 Å². The van der Waals surface area contributed by atoms with E-state index < -0.39 is 0 Å². The van der Waals surface area contributed by atoms with Crippen molar-refractivity contribution in [2.75, 3.05) is 19.5 Å². The van der Waals surface area contributed by atoms with E-state index in [4.69, 9.17) is 26.8 Å². The molecule has 0 saturated carbocycles. The first-order valence-corrected chi connectivity index (χ1v) is 4.93. The Morgan fingerprint density at radius 2 is 2.27 bits per heavy atom. The van der Waals surface area contributed by atoms with Crippen molar-refractivity contribution in [1.82, 2.24) is 0 Å². The maximum absolute atomic E-state index is 5.77. The molecule has 0 aliphatic rings. The molecule has 82 valence electrons. The summed E-state index contributed by atoms with van der Waals surface area (Å²) in [6.45, 7) is 2.31. The summed E-state index contributed by atoms with van der Waals surface area (Å²) in [4.78, 5) is 0. The largest absolute Gasteiger partial charge is 0.497 e. The fourth-order valence-corrected chi connectivity index (χ4v) is 1.07. The van der Waals surface area contributed by atoms with E-state index in [1.807, 2.05) is 6.92 Å². The van der Waals surface area contributed by atoms with Crippen LogP contribution >= 0.6 is 11.6 Å². The SMILES string of the molecule is COc1ccc(OC/C(C)=C/Cl)c(N)c1. The second kappa shape index (κ2) is 5.51. The van der Waals surface area contributed by atoms with E-state index in [9.17, 15) is 0 Å². The van der Waals surface area contributed by atoms with Crippen molar-refractivity contribution in [3.8, 4) is 11.5 Å². The van der Waals surface area contributed by atoms with Crippen LogP contribution in [0.5, 0.6) is 11.5 Å². The van der Waals surface area contributed by atoms with Crippen LogP contribution in [0, 0.1) is 0 Å². The molecule has 0 atom stereocenters. The Morgan fingerprint density at radius 3 is 2.80 bits per heavy atom. The molecule has 1 rings (SSSR count). The highest BCUT2D eigenvalue weighted by atomic mass is 35.5. The van der Waals surface area contributed by atoms with Crippen molar-refractivity contribution < 1.29 is 9.47 Å². The first kappa shape index (κ1) is 11.7. The van der Waals surface area contributed by atoms with E-state index in [1.54, 1.807) is 25.3 Å². The minimum atomic E-state index is 0.431. The third-order valence-corrected chi connectivity index (χ3v) is 2.23. The van der Waals surface area contributed by atoms with Crippen LogP contribution in [0.3, 0.4) is 0 Å². The summed E-state index contributed by atoms with van der Waals surface area (Å²) < 4.78 is 10.5. The van der Waals surface area contributed by atoms with Crippen molar-refractivity contribution in [2.24, 2.45) is 0 Å². The lowest BCUT2D eigenvalue weighted by molar-refractivity contribution is 0.353. The standard InChI is InChI=1S/C11H14ClNO2/c1-8(6-12)7-15-11-4-3-9(14-2)5-10(11)13/h3-6H,7,13H2,1-2H3/b8-6+. The van der Waals surface area contributed by atoms with Gasteiger partial charge in [-0.3, -0.25) is 0 Å². The molecule has 0 saturated heterocycles. The van der Waals surface area contributed by atoms with Gasteiger partial charge in [0.2, 0.25) is 0 Å². The van der Waals surface area contributed by atoms with Gasteiger partial charge in [0, 0.05) is 11.6 Å². The third kappa shape index (κ3) is 3.36. The van der Waals surface area contributed by atoms with Gasteiger partial charge >= 0.3 is 0 Å². The van der Waals surface area contributed by atoms with Crippen LogP contribution in [-0.2, 0) is 0 Å². The zero-order valence-corrected chi connectivity index (χ0v) is 9.54. The lowest BCUT2D eigenvalue weighted by atomic mass is 10.3. The van der Waals surface area contributed by atoms with Crippen LogP contribution in [-0.4, -0.2) is 13.7 Å². The monoisotopic (exact) mass is 227 g/mol. The van der Waals surface area contributed by atoms with E-state index in [2.05, 4.69) is 0 Å². The zero-order valence-electron chi connectivity index (χ0n) is 8.79. The highest BCUT2D eigenvalue weighted by Gasteiger charge is 2.02. The number of ether oxygens (including phenoxy) is 2. The van der Waals surface area contributed by atoms with Crippen molar-refractivity contribution in [2.45, 2.75) is 6.92 Å². The molecule has 2 N–H and O–H groups in total. The predicted octanol–water partition coefficient (Wildman–Crippen LogP) is 2.80. The Kier molecular flexibility index (Phi) is 4.31. The lowest BCUT2D eigenvalue weighted by Gasteiger charge is -2.09. The molecular formula is C11H14ClNO2. The number of halogens is 1. The normalized spacial score (nSPS) is 11.3. The average molecular weight is 228 g/mol. The predicted molar refractivity (Wildman–Crippen MR) is 62.5 cm³/mol. The Labute approximate surface area is 94.4 Å². The quantitative estimate of drug-likeness (QED) is 0.805. The van der Waals surface area contributed by atoms with Gasteiger partial charge in [-0.1, -0.05) is 11.6 Å². The highest BCUT2D eigenvalue weighted by molar-refractivity contribution is 6.25. The van der Waals surface area contributed by atoms with Gasteiger partial charge < -0.3 is 15.2 Å². The van der Waals surface area contributed by atoms with Gasteiger partial charge in [-0.25, -0.2) is 0 Å². The molecule has 0 bridgehead atoms. The maximum Gasteiger partial charge on any atom is 0.142 e. The summed E-state index contributed by atoms with van der Waals surface area (Å²) in [5, 5.41) is 0. The van der Waals surface area contributed by atoms with E-state index >= 15 is 0 Å². The molecule has 0 aromatic heterocycles. The summed E-state index contributed by atoms with van der Waals surface area (Å²) >= 11 is 5.51. The molecule has 15 heavy (non-hydrogen) atoms. The Balaban J connectivity index is 2.70. The fourth-order valence-electron chi connectivity index (χ4n) is 1.01. The van der Waals surface area contributed by atoms with Crippen LogP contribution in [0.25, 0.3) is 0 Å². The summed E-state index contributed by atoms with van der Waals surface area (Å²) in [5.41, 5.74) is 8.74. The number of anilines is 1. The van der Waals surface area contributed by atoms with Gasteiger partial charge in [-0.05, 0) is 24.6 Å². The van der Waals surface area contributed by atoms with Gasteiger partial charge in [-0.15, -0.1) is 0 Å². The first-order chi connectivity index (χ1) is 7.17. The minimum Gasteiger partial charge on any atom is -0.497 e. The van der Waals surface area contributed by atoms with Gasteiger partial charge in [0.05, 0.1) is 12.8 Å². The van der Waals surface area contributed by atoms with Crippen LogP contribution < -0.4 is 15.2 Å². The van der Waals surface area contributed by atoms with Crippen molar-refractivity contribution in [1.29, 1.82) is 0 Å². The van der Waals surface area contributed by atoms with Crippen LogP contribution in [0.15, 0.2) is 29.3 Å². The van der Waals surface area contributed by atoms with Gasteiger partial charge in [0.1, 0.15) is 18.1 Å². The Bertz CT molecular complexity index is 364. The lowest BCUT2D eigenvalue weighted by Crippen LogP contribution is -2.01. The number of methoxy groups -OCH3 is 1. The van der Waals surface area contributed by atoms with E-state index in [0.29, 0.717) is 23.8 Å². The Morgan fingerprint density at radius 1 is 1.53 bits per heavy atom. The average Bonchev–Trinajstić information content (AvgIpc) is 2.26. The molecular weight excluding hydrogens is 214 g/mol. The fraction of sp³-hybridized carbons (Fsp3) is 0.273. The second-order valence-electron chi connectivity index (χ2n) is 3.15. The number of hydrogen-bond donors (Lipinski definition) is 1. The molecule has 3 nitrogen and oxygen atoms in total. The van der Waals surface area contributed by atoms with Crippen LogP contribution in [0.1, 0.15) is 6.92 Å². The number of nitrogens with two attached hydrogens (primary N) is 1. The molecule has 1 aromatic carbocycles. The van der Waals surface area contributed by atoms with E-state index in [-0.39, 0.29) is 0 Å². The van der Waals surface area contributed by atoms with Gasteiger partial charge in [-0.2, -0.15) is 0 Å². The zero-order chi connectivity index (χ0) is 11.3. The highest BCUT2D eigenvalue weighted by Crippen LogP contribution is 2.26. The molecule has 0 amide bonds. The van der Waals surface area contributed by atoms with Crippen molar-refractivity contribution >= 4 is 17.3 Å². The van der Waals surface area contributed by atoms with Crippen LogP contribution in [0.2, 0.25) is 0 Å². The molecule has 0 spiro atoms. The molecule has 1 aromatic rings.